The fourth-order valence-corrected chi connectivity index (χ4v) is 6.17. The van der Waals surface area contributed by atoms with Crippen molar-refractivity contribution in [3.8, 4) is 11.8 Å². The van der Waals surface area contributed by atoms with E-state index in [2.05, 4.69) is 21.7 Å². The van der Waals surface area contributed by atoms with Crippen molar-refractivity contribution in [2.24, 2.45) is 16.3 Å². The minimum Gasteiger partial charge on any atom is -0.303 e. The number of halogens is 3. The van der Waals surface area contributed by atoms with E-state index in [1.54, 1.807) is 6.92 Å². The Bertz CT molecular complexity index is 751. The molecular weight excluding hydrogens is 377 g/mol. The van der Waals surface area contributed by atoms with Gasteiger partial charge in [0, 0.05) is 23.7 Å². The zero-order valence-corrected chi connectivity index (χ0v) is 16.9. The smallest absolute Gasteiger partial charge is 0.303 e. The van der Waals surface area contributed by atoms with Gasteiger partial charge in [0.05, 0.1) is 11.5 Å². The van der Waals surface area contributed by atoms with E-state index in [1.807, 2.05) is 6.92 Å². The number of likely N-dealkylation sites (tertiary alicyclic amines) is 1. The number of nitrogens with zero attached hydrogens (tertiary/aromatic N) is 2. The van der Waals surface area contributed by atoms with Crippen molar-refractivity contribution in [2.45, 2.75) is 46.2 Å². The molecule has 27 heavy (non-hydrogen) atoms. The Hall–Kier alpha value is -1.33. The summed E-state index contributed by atoms with van der Waals surface area (Å²) in [6, 6.07) is 0. The monoisotopic (exact) mass is 404 g/mol. The van der Waals surface area contributed by atoms with Gasteiger partial charge in [-0.2, -0.15) is 13.2 Å². The topological polar surface area (TPSA) is 49.7 Å². The van der Waals surface area contributed by atoms with Crippen molar-refractivity contribution in [3.63, 3.8) is 0 Å². The van der Waals surface area contributed by atoms with Gasteiger partial charge < -0.3 is 4.90 Å². The van der Waals surface area contributed by atoms with E-state index in [0.29, 0.717) is 23.5 Å². The van der Waals surface area contributed by atoms with Crippen LogP contribution in [0.5, 0.6) is 0 Å². The molecule has 0 aromatic heterocycles. The molecule has 0 saturated carbocycles. The molecule has 0 N–H and O–H groups in total. The molecule has 2 aliphatic heterocycles. The normalized spacial score (nSPS) is 24.1. The van der Waals surface area contributed by atoms with Gasteiger partial charge in [0.1, 0.15) is 5.71 Å². The standard InChI is InChI=1S/C19H27F3N2O2S/c1-4-5-17(11-23-16(3)19(20,21)22)10-15(2)12-24-8-6-18(7-9-24)13-27(25,26)14-18/h11,15H,6-10,12-14H2,1-3H3/b17-11+,23-16?. The minimum absolute atomic E-state index is 0.0127. The molecule has 0 radical (unpaired) electrons. The second-order valence-corrected chi connectivity index (χ2v) is 9.95. The molecule has 1 spiro atoms. The van der Waals surface area contributed by atoms with Crippen LogP contribution in [0.4, 0.5) is 13.2 Å². The highest BCUT2D eigenvalue weighted by Crippen LogP contribution is 2.42. The van der Waals surface area contributed by atoms with Crippen LogP contribution >= 0.6 is 0 Å². The summed E-state index contributed by atoms with van der Waals surface area (Å²) < 4.78 is 60.6. The van der Waals surface area contributed by atoms with Gasteiger partial charge in [0.25, 0.3) is 0 Å². The molecule has 4 nitrogen and oxygen atoms in total. The van der Waals surface area contributed by atoms with Crippen LogP contribution in [0.25, 0.3) is 0 Å². The first-order chi connectivity index (χ1) is 12.4. The van der Waals surface area contributed by atoms with Crippen LogP contribution in [0, 0.1) is 23.2 Å². The molecule has 8 heteroatoms. The molecule has 152 valence electrons. The van der Waals surface area contributed by atoms with Crippen LogP contribution in [-0.2, 0) is 9.84 Å². The summed E-state index contributed by atoms with van der Waals surface area (Å²) in [4.78, 5) is 5.83. The largest absolute Gasteiger partial charge is 0.429 e. The van der Waals surface area contributed by atoms with Crippen LogP contribution in [0.3, 0.4) is 0 Å². The van der Waals surface area contributed by atoms with Gasteiger partial charge in [-0.1, -0.05) is 12.8 Å². The summed E-state index contributed by atoms with van der Waals surface area (Å²) >= 11 is 0. The zero-order chi connectivity index (χ0) is 20.3. The number of aliphatic imine (C=N–C) groups is 1. The van der Waals surface area contributed by atoms with E-state index in [0.717, 1.165) is 39.4 Å². The quantitative estimate of drug-likeness (QED) is 0.521. The third-order valence-electron chi connectivity index (χ3n) is 5.22. The summed E-state index contributed by atoms with van der Waals surface area (Å²) in [5.74, 6) is 6.44. The second kappa shape index (κ2) is 8.36. The lowest BCUT2D eigenvalue weighted by atomic mass is 9.81. The van der Waals surface area contributed by atoms with Crippen LogP contribution in [0.2, 0.25) is 0 Å². The lowest BCUT2D eigenvalue weighted by Gasteiger charge is -2.47. The molecule has 2 aliphatic rings. The van der Waals surface area contributed by atoms with Crippen LogP contribution in [0.15, 0.2) is 16.8 Å². The van der Waals surface area contributed by atoms with Crippen molar-refractivity contribution >= 4 is 15.5 Å². The number of sulfone groups is 1. The molecule has 0 amide bonds. The Kier molecular flexibility index (Phi) is 6.80. The minimum atomic E-state index is -4.42. The van der Waals surface area contributed by atoms with E-state index in [1.165, 1.54) is 6.20 Å². The average Bonchev–Trinajstić information content (AvgIpc) is 2.52. The third-order valence-corrected chi connectivity index (χ3v) is 7.32. The number of hydrogen-bond donors (Lipinski definition) is 0. The van der Waals surface area contributed by atoms with Crippen LogP contribution in [0.1, 0.15) is 40.0 Å². The molecule has 0 bridgehead atoms. The highest BCUT2D eigenvalue weighted by atomic mass is 32.2. The van der Waals surface area contributed by atoms with Crippen molar-refractivity contribution in [2.75, 3.05) is 31.1 Å². The van der Waals surface area contributed by atoms with Gasteiger partial charge in [0.2, 0.25) is 0 Å². The van der Waals surface area contributed by atoms with Crippen molar-refractivity contribution in [3.05, 3.63) is 11.8 Å². The molecule has 2 heterocycles. The summed E-state index contributed by atoms with van der Waals surface area (Å²) in [5, 5.41) is 0. The summed E-state index contributed by atoms with van der Waals surface area (Å²) in [6.45, 7) is 7.18. The predicted octanol–water partition coefficient (Wildman–Crippen LogP) is 3.45. The molecular formula is C19H27F3N2O2S. The Morgan fingerprint density at radius 3 is 2.37 bits per heavy atom. The van der Waals surface area contributed by atoms with E-state index in [4.69, 9.17) is 0 Å². The van der Waals surface area contributed by atoms with Crippen molar-refractivity contribution in [1.29, 1.82) is 0 Å². The van der Waals surface area contributed by atoms with Crippen LogP contribution in [-0.4, -0.2) is 56.3 Å². The first-order valence-electron chi connectivity index (χ1n) is 9.11. The van der Waals surface area contributed by atoms with E-state index < -0.39 is 21.7 Å². The predicted molar refractivity (Wildman–Crippen MR) is 101 cm³/mol. The molecule has 2 fully saturated rings. The molecule has 2 saturated heterocycles. The number of hydrogen-bond acceptors (Lipinski definition) is 4. The number of piperidine rings is 1. The van der Waals surface area contributed by atoms with Gasteiger partial charge >= 0.3 is 6.18 Å². The SMILES string of the molecule is CC#C/C(=C\N=C(C)C(F)(F)F)CC(C)CN1CCC2(CC1)CS(=O)(=O)C2. The van der Waals surface area contributed by atoms with Crippen molar-refractivity contribution in [1.82, 2.24) is 4.90 Å². The maximum Gasteiger partial charge on any atom is 0.429 e. The lowest BCUT2D eigenvalue weighted by Crippen LogP contribution is -2.54. The molecule has 0 aromatic carbocycles. The average molecular weight is 404 g/mol. The Morgan fingerprint density at radius 2 is 1.89 bits per heavy atom. The first kappa shape index (κ1) is 22.0. The summed E-state index contributed by atoms with van der Waals surface area (Å²) in [5.41, 5.74) is -0.309. The number of rotatable bonds is 5. The highest BCUT2D eigenvalue weighted by Gasteiger charge is 2.49. The second-order valence-electron chi connectivity index (χ2n) is 7.88. The Balaban J connectivity index is 1.87. The van der Waals surface area contributed by atoms with Crippen LogP contribution < -0.4 is 0 Å². The number of allylic oxidation sites excluding steroid dienone is 1. The van der Waals surface area contributed by atoms with Gasteiger partial charge in [-0.15, -0.1) is 5.92 Å². The molecule has 1 atom stereocenters. The summed E-state index contributed by atoms with van der Waals surface area (Å²) in [7, 11) is -2.81. The Morgan fingerprint density at radius 1 is 1.30 bits per heavy atom. The molecule has 1 unspecified atom stereocenters. The first-order valence-corrected chi connectivity index (χ1v) is 10.9. The lowest BCUT2D eigenvalue weighted by molar-refractivity contribution is -0.0591. The van der Waals surface area contributed by atoms with Gasteiger partial charge in [-0.25, -0.2) is 8.42 Å². The van der Waals surface area contributed by atoms with E-state index >= 15 is 0 Å². The van der Waals surface area contributed by atoms with E-state index in [9.17, 15) is 21.6 Å². The van der Waals surface area contributed by atoms with Crippen molar-refractivity contribution < 1.29 is 21.6 Å². The molecule has 0 aliphatic carbocycles. The maximum absolute atomic E-state index is 12.6. The fraction of sp³-hybridized carbons (Fsp3) is 0.737. The van der Waals surface area contributed by atoms with E-state index in [-0.39, 0.29) is 11.3 Å². The fourth-order valence-electron chi connectivity index (χ4n) is 3.81. The van der Waals surface area contributed by atoms with Gasteiger partial charge in [-0.3, -0.25) is 4.99 Å². The number of alkyl halides is 3. The Labute approximate surface area is 159 Å². The zero-order valence-electron chi connectivity index (χ0n) is 16.1. The summed E-state index contributed by atoms with van der Waals surface area (Å²) in [6.07, 6.45) is -0.853. The van der Waals surface area contributed by atoms with Gasteiger partial charge in [0.15, 0.2) is 9.84 Å². The highest BCUT2D eigenvalue weighted by molar-refractivity contribution is 7.92. The maximum atomic E-state index is 12.6. The molecule has 0 aromatic rings. The molecule has 2 rings (SSSR count). The van der Waals surface area contributed by atoms with Gasteiger partial charge in [-0.05, 0) is 52.1 Å². The third kappa shape index (κ3) is 6.35.